The zero-order chi connectivity index (χ0) is 38.0. The summed E-state index contributed by atoms with van der Waals surface area (Å²) in [6.07, 6.45) is 53.1. The fourth-order valence-electron chi connectivity index (χ4n) is 7.00. The van der Waals surface area contributed by atoms with Crippen molar-refractivity contribution in [3.05, 3.63) is 36.5 Å². The van der Waals surface area contributed by atoms with Crippen LogP contribution in [-0.2, 0) is 4.79 Å². The molecule has 0 aliphatic rings. The number of aliphatic hydroxyl groups excluding tert-OH is 3. The molecule has 5 nitrogen and oxygen atoms in total. The topological polar surface area (TPSA) is 89.8 Å². The van der Waals surface area contributed by atoms with Gasteiger partial charge in [-0.25, -0.2) is 0 Å². The summed E-state index contributed by atoms with van der Waals surface area (Å²) < 4.78 is 0. The molecule has 0 rings (SSSR count). The second-order valence-corrected chi connectivity index (χ2v) is 15.6. The number of nitrogens with one attached hydrogen (secondary N) is 1. The van der Waals surface area contributed by atoms with Crippen LogP contribution in [-0.4, -0.2) is 46.1 Å². The van der Waals surface area contributed by atoms with Crippen molar-refractivity contribution in [1.82, 2.24) is 5.32 Å². The van der Waals surface area contributed by atoms with E-state index in [0.29, 0.717) is 12.8 Å². The highest BCUT2D eigenvalue weighted by molar-refractivity contribution is 5.76. The predicted octanol–water partition coefficient (Wildman–Crippen LogP) is 13.2. The molecule has 5 heteroatoms. The molecule has 0 saturated heterocycles. The molecule has 1 amide bonds. The molecule has 0 radical (unpaired) electrons. The Balaban J connectivity index is 3.48. The standard InChI is InChI=1S/C47H89NO4/c1-3-5-7-9-11-13-14-15-16-17-18-19-20-21-22-23-24-25-26-27-28-29-30-31-32-33-34-36-38-40-42-46(51)48-44(43-49)47(52)45(50)41-39-37-35-12-10-8-6-4-2/h4,6,12,21-22,35,44-45,47,49-50,52H,3,5,7-11,13-20,23-34,36-43H2,1-2H3,(H,48,51)/b6-4+,22-21-,35-12+. The Kier molecular flexibility index (Phi) is 41.1. The summed E-state index contributed by atoms with van der Waals surface area (Å²) in [7, 11) is 0. The molecule has 0 aromatic carbocycles. The minimum atomic E-state index is -1.16. The zero-order valence-corrected chi connectivity index (χ0v) is 34.7. The van der Waals surface area contributed by atoms with E-state index in [4.69, 9.17) is 0 Å². The lowest BCUT2D eigenvalue weighted by molar-refractivity contribution is -0.124. The summed E-state index contributed by atoms with van der Waals surface area (Å²) in [6, 6.07) is -0.829. The number of aliphatic hydroxyl groups is 3. The van der Waals surface area contributed by atoms with Crippen LogP contribution in [0.15, 0.2) is 36.5 Å². The lowest BCUT2D eigenvalue weighted by Gasteiger charge is -2.26. The van der Waals surface area contributed by atoms with E-state index in [1.165, 1.54) is 161 Å². The Morgan fingerprint density at radius 3 is 1.29 bits per heavy atom. The first-order valence-electron chi connectivity index (χ1n) is 22.7. The molecule has 0 aromatic rings. The lowest BCUT2D eigenvalue weighted by Crippen LogP contribution is -2.50. The minimum absolute atomic E-state index is 0.161. The summed E-state index contributed by atoms with van der Waals surface area (Å²) in [6.45, 7) is 3.93. The Bertz CT molecular complexity index is 809. The molecule has 0 saturated carbocycles. The van der Waals surface area contributed by atoms with Gasteiger partial charge in [0.15, 0.2) is 0 Å². The van der Waals surface area contributed by atoms with Gasteiger partial charge < -0.3 is 20.6 Å². The molecule has 306 valence electrons. The summed E-state index contributed by atoms with van der Waals surface area (Å²) in [5.74, 6) is -0.161. The van der Waals surface area contributed by atoms with Gasteiger partial charge in [-0.3, -0.25) is 4.79 Å². The third-order valence-corrected chi connectivity index (χ3v) is 10.5. The third kappa shape index (κ3) is 36.9. The van der Waals surface area contributed by atoms with Crippen molar-refractivity contribution in [1.29, 1.82) is 0 Å². The number of unbranched alkanes of at least 4 members (excludes halogenated alkanes) is 28. The first kappa shape index (κ1) is 50.6. The summed E-state index contributed by atoms with van der Waals surface area (Å²) >= 11 is 0. The maximum Gasteiger partial charge on any atom is 0.220 e. The molecule has 4 N–H and O–H groups in total. The van der Waals surface area contributed by atoms with Crippen LogP contribution >= 0.6 is 0 Å². The van der Waals surface area contributed by atoms with Gasteiger partial charge in [-0.05, 0) is 71.1 Å². The summed E-state index contributed by atoms with van der Waals surface area (Å²) in [5, 5.41) is 33.2. The Hall–Kier alpha value is -1.43. The monoisotopic (exact) mass is 732 g/mol. The molecule has 52 heavy (non-hydrogen) atoms. The number of allylic oxidation sites excluding steroid dienone is 6. The van der Waals surface area contributed by atoms with Gasteiger partial charge in [-0.1, -0.05) is 191 Å². The zero-order valence-electron chi connectivity index (χ0n) is 34.7. The highest BCUT2D eigenvalue weighted by atomic mass is 16.3. The molecule has 0 fully saturated rings. The quantitative estimate of drug-likeness (QED) is 0.0372. The Labute approximate surface area is 324 Å². The average Bonchev–Trinajstić information content (AvgIpc) is 3.15. The van der Waals surface area contributed by atoms with Crippen LogP contribution in [0.2, 0.25) is 0 Å². The number of carbonyl (C=O) groups excluding carboxylic acids is 1. The van der Waals surface area contributed by atoms with E-state index in [1.807, 2.05) is 13.0 Å². The van der Waals surface area contributed by atoms with Crippen molar-refractivity contribution in [3.63, 3.8) is 0 Å². The largest absolute Gasteiger partial charge is 0.394 e. The molecular formula is C47H89NO4. The highest BCUT2D eigenvalue weighted by Crippen LogP contribution is 2.16. The molecule has 0 heterocycles. The van der Waals surface area contributed by atoms with Crippen LogP contribution < -0.4 is 5.32 Å². The fourth-order valence-corrected chi connectivity index (χ4v) is 7.00. The van der Waals surface area contributed by atoms with Crippen molar-refractivity contribution in [2.24, 2.45) is 0 Å². The van der Waals surface area contributed by atoms with E-state index in [1.54, 1.807) is 0 Å². The van der Waals surface area contributed by atoms with Crippen molar-refractivity contribution >= 4 is 5.91 Å². The molecule has 0 aliphatic carbocycles. The van der Waals surface area contributed by atoms with Crippen molar-refractivity contribution in [2.75, 3.05) is 6.61 Å². The maximum atomic E-state index is 12.4. The van der Waals surface area contributed by atoms with Gasteiger partial charge in [0.1, 0.15) is 6.10 Å². The van der Waals surface area contributed by atoms with Gasteiger partial charge in [0, 0.05) is 6.42 Å². The molecule has 0 aromatic heterocycles. The maximum absolute atomic E-state index is 12.4. The highest BCUT2D eigenvalue weighted by Gasteiger charge is 2.26. The lowest BCUT2D eigenvalue weighted by atomic mass is 10.0. The normalized spacial score (nSPS) is 13.9. The van der Waals surface area contributed by atoms with Gasteiger partial charge in [-0.2, -0.15) is 0 Å². The number of amides is 1. The van der Waals surface area contributed by atoms with Gasteiger partial charge in [0.25, 0.3) is 0 Å². The van der Waals surface area contributed by atoms with Crippen LogP contribution in [0, 0.1) is 0 Å². The van der Waals surface area contributed by atoms with Crippen LogP contribution in [0.5, 0.6) is 0 Å². The number of carbonyl (C=O) groups is 1. The first-order chi connectivity index (χ1) is 25.6. The average molecular weight is 732 g/mol. The van der Waals surface area contributed by atoms with Gasteiger partial charge in [-0.15, -0.1) is 0 Å². The van der Waals surface area contributed by atoms with Crippen molar-refractivity contribution in [3.8, 4) is 0 Å². The smallest absolute Gasteiger partial charge is 0.220 e. The fraction of sp³-hybridized carbons (Fsp3) is 0.851. The van der Waals surface area contributed by atoms with E-state index < -0.39 is 18.2 Å². The third-order valence-electron chi connectivity index (χ3n) is 10.5. The van der Waals surface area contributed by atoms with Crippen molar-refractivity contribution in [2.45, 2.75) is 250 Å². The van der Waals surface area contributed by atoms with Crippen LogP contribution in [0.1, 0.15) is 232 Å². The second kappa shape index (κ2) is 42.3. The van der Waals surface area contributed by atoms with Crippen LogP contribution in [0.3, 0.4) is 0 Å². The van der Waals surface area contributed by atoms with E-state index in [0.717, 1.165) is 44.9 Å². The first-order valence-corrected chi connectivity index (χ1v) is 22.7. The minimum Gasteiger partial charge on any atom is -0.394 e. The summed E-state index contributed by atoms with van der Waals surface area (Å²) in [5.41, 5.74) is 0. The van der Waals surface area contributed by atoms with E-state index >= 15 is 0 Å². The molecule has 0 spiro atoms. The number of rotatable bonds is 41. The molecule has 0 aliphatic heterocycles. The van der Waals surface area contributed by atoms with Gasteiger partial charge >= 0.3 is 0 Å². The van der Waals surface area contributed by atoms with E-state index in [-0.39, 0.29) is 12.5 Å². The van der Waals surface area contributed by atoms with Crippen LogP contribution in [0.4, 0.5) is 0 Å². The van der Waals surface area contributed by atoms with Gasteiger partial charge in [0.2, 0.25) is 5.91 Å². The van der Waals surface area contributed by atoms with Crippen molar-refractivity contribution < 1.29 is 20.1 Å². The van der Waals surface area contributed by atoms with Gasteiger partial charge in [0.05, 0.1) is 18.8 Å². The predicted molar refractivity (Wildman–Crippen MR) is 227 cm³/mol. The summed E-state index contributed by atoms with van der Waals surface area (Å²) in [4.78, 5) is 12.4. The number of hydrogen-bond acceptors (Lipinski definition) is 4. The van der Waals surface area contributed by atoms with E-state index in [2.05, 4.69) is 42.6 Å². The number of hydrogen-bond donors (Lipinski definition) is 4. The second-order valence-electron chi connectivity index (χ2n) is 15.6. The Morgan fingerprint density at radius 2 is 0.865 bits per heavy atom. The SMILES string of the molecule is C/C=C/CC/C=C/CCCC(O)C(O)C(CO)NC(=O)CCCCCCCCCCCCCCCC/C=C\CCCCCCCCCCCCCC. The molecule has 0 bridgehead atoms. The van der Waals surface area contributed by atoms with E-state index in [9.17, 15) is 20.1 Å². The molecular weight excluding hydrogens is 643 g/mol. The van der Waals surface area contributed by atoms with Crippen LogP contribution in [0.25, 0.3) is 0 Å². The molecule has 3 atom stereocenters. The molecule has 3 unspecified atom stereocenters. The Morgan fingerprint density at radius 1 is 0.500 bits per heavy atom.